The van der Waals surface area contributed by atoms with Crippen LogP contribution in [0.5, 0.6) is 0 Å². The van der Waals surface area contributed by atoms with Gasteiger partial charge in [0.2, 0.25) is 0 Å². The average Bonchev–Trinajstić information content (AvgIpc) is 1.61. The minimum absolute atomic E-state index is 0.765. The number of rotatable bonds is 3. The van der Waals surface area contributed by atoms with Gasteiger partial charge in [0.05, 0.1) is 0 Å². The molecule has 36 valence electrons. The molecule has 0 saturated heterocycles. The van der Waals surface area contributed by atoms with Crippen LogP contribution in [-0.4, -0.2) is 75.0 Å². The van der Waals surface area contributed by atoms with Crippen molar-refractivity contribution in [2.24, 2.45) is 0 Å². The summed E-state index contributed by atoms with van der Waals surface area (Å²) >= 11 is 7.87. The molecule has 0 rings (SSSR count). The van der Waals surface area contributed by atoms with Crippen molar-refractivity contribution >= 4 is 75.0 Å². The Labute approximate surface area is 73.2 Å². The third-order valence-corrected chi connectivity index (χ3v) is 134. The zero-order chi connectivity index (χ0) is 4.83. The first-order valence-corrected chi connectivity index (χ1v) is 33.4. The van der Waals surface area contributed by atoms with Gasteiger partial charge >= 0.3 is 75.0 Å². The van der Waals surface area contributed by atoms with Crippen molar-refractivity contribution in [3.63, 3.8) is 0 Å². The predicted octanol–water partition coefficient (Wildman–Crippen LogP) is -3.89. The third kappa shape index (κ3) is 7.35. The van der Waals surface area contributed by atoms with Gasteiger partial charge in [-0.15, -0.1) is 0 Å². The molecule has 0 bridgehead atoms. The van der Waals surface area contributed by atoms with Gasteiger partial charge in [0.25, 0.3) is 0 Å². The molecule has 0 aliphatic carbocycles. The van der Waals surface area contributed by atoms with E-state index in [0.29, 0.717) is 0 Å². The summed E-state index contributed by atoms with van der Waals surface area (Å²) in [4.78, 5) is 0. The minimum atomic E-state index is 0.765. The van der Waals surface area contributed by atoms with Gasteiger partial charge in [-0.3, -0.25) is 0 Å². The van der Waals surface area contributed by atoms with Crippen LogP contribution in [0.3, 0.4) is 0 Å². The second-order valence-electron chi connectivity index (χ2n) is 0.493. The van der Waals surface area contributed by atoms with Gasteiger partial charge in [-0.2, -0.15) is 0 Å². The molecule has 0 saturated carbocycles. The number of hydrogen-bond acceptors (Lipinski definition) is 0. The number of hydrogen-bond donors (Lipinski definition) is 0. The summed E-state index contributed by atoms with van der Waals surface area (Å²) < 4.78 is 0. The van der Waals surface area contributed by atoms with E-state index in [9.17, 15) is 0 Å². The Kier molecular flexibility index (Phi) is 13.0. The van der Waals surface area contributed by atoms with E-state index < -0.39 is 0 Å². The monoisotopic (exact) mass is 456 g/mol. The van der Waals surface area contributed by atoms with E-state index in [-0.39, 0.29) is 0 Å². The average molecular weight is 456 g/mol. The molecule has 0 heterocycles. The van der Waals surface area contributed by atoms with Crippen molar-refractivity contribution in [3.8, 4) is 0 Å². The molecular formula is H6As6. The zero-order valence-corrected chi connectivity index (χ0v) is 15.7. The molecule has 0 N–H and O–H groups in total. The van der Waals surface area contributed by atoms with Gasteiger partial charge in [-0.1, -0.05) is 0 Å². The van der Waals surface area contributed by atoms with E-state index in [4.69, 9.17) is 0 Å². The van der Waals surface area contributed by atoms with E-state index in [0.717, 1.165) is 45.9 Å². The predicted molar refractivity (Wildman–Crippen MR) is 42.9 cm³/mol. The van der Waals surface area contributed by atoms with Crippen LogP contribution in [0.1, 0.15) is 0 Å². The summed E-state index contributed by atoms with van der Waals surface area (Å²) in [7, 11) is 0. The van der Waals surface area contributed by atoms with Crippen LogP contribution in [0.15, 0.2) is 0 Å². The summed E-state index contributed by atoms with van der Waals surface area (Å²) in [5, 5.41) is 0. The summed E-state index contributed by atoms with van der Waals surface area (Å²) in [6, 6.07) is 0. The maximum absolute atomic E-state index is 2.44. The Morgan fingerprint density at radius 1 is 1.67 bits per heavy atom. The molecule has 0 aromatic heterocycles. The van der Waals surface area contributed by atoms with Crippen LogP contribution in [0.2, 0.25) is 0 Å². The molecule has 6 heavy (non-hydrogen) atoms. The first-order chi connectivity index (χ1) is 2.91. The molecule has 0 aromatic carbocycles. The summed E-state index contributed by atoms with van der Waals surface area (Å²) in [5.41, 5.74) is 0. The maximum atomic E-state index is 2.44. The van der Waals surface area contributed by atoms with E-state index in [2.05, 4.69) is 29.0 Å². The van der Waals surface area contributed by atoms with Crippen molar-refractivity contribution in [1.29, 1.82) is 0 Å². The van der Waals surface area contributed by atoms with Crippen LogP contribution in [0, 0.1) is 0 Å². The van der Waals surface area contributed by atoms with Crippen molar-refractivity contribution in [3.05, 3.63) is 0 Å². The molecule has 6 heteroatoms. The second-order valence-corrected chi connectivity index (χ2v) is 69.2. The summed E-state index contributed by atoms with van der Waals surface area (Å²) in [6.45, 7) is 0. The fourth-order valence-electron chi connectivity index (χ4n) is 0.0602. The van der Waals surface area contributed by atoms with Gasteiger partial charge in [0, 0.05) is 0 Å². The Balaban J connectivity index is 2.49. The van der Waals surface area contributed by atoms with Crippen molar-refractivity contribution < 1.29 is 0 Å². The third-order valence-electron chi connectivity index (χ3n) is 0.184. The molecule has 0 aliphatic heterocycles. The first kappa shape index (κ1) is 9.35. The van der Waals surface area contributed by atoms with E-state index >= 15 is 0 Å². The van der Waals surface area contributed by atoms with Crippen molar-refractivity contribution in [2.75, 3.05) is 0 Å². The Morgan fingerprint density at radius 2 is 2.33 bits per heavy atom. The van der Waals surface area contributed by atoms with Crippen LogP contribution < -0.4 is 0 Å². The van der Waals surface area contributed by atoms with Gasteiger partial charge in [-0.05, 0) is 0 Å². The normalized spacial score (nSPS) is 15.5. The molecule has 0 spiro atoms. The quantitative estimate of drug-likeness (QED) is 0.302. The fraction of sp³-hybridized carbons (Fsp3) is 0. The van der Waals surface area contributed by atoms with Crippen molar-refractivity contribution in [1.82, 2.24) is 0 Å². The topological polar surface area (TPSA) is 0 Å². The first-order valence-electron chi connectivity index (χ1n) is 1.24. The molecule has 0 aromatic rings. The second kappa shape index (κ2) is 8.35. The van der Waals surface area contributed by atoms with Crippen LogP contribution in [0.25, 0.3) is 0 Å². The molecule has 4 atom stereocenters. The SMILES string of the molecule is [AsH]=[As][AsH][AsH][AsH][AsH2]. The standard InChI is InChI=1S/As6H6/c1-3-5-6-4-2/h1,4-6H,2H2. The Morgan fingerprint density at radius 3 is 2.50 bits per heavy atom. The van der Waals surface area contributed by atoms with Gasteiger partial charge in [-0.25, -0.2) is 0 Å². The van der Waals surface area contributed by atoms with Crippen LogP contribution >= 0.6 is 0 Å². The molecule has 0 aliphatic rings. The molecule has 0 amide bonds. The fourth-order valence-corrected chi connectivity index (χ4v) is 228. The van der Waals surface area contributed by atoms with Gasteiger partial charge in [0.15, 0.2) is 0 Å². The van der Waals surface area contributed by atoms with Crippen LogP contribution in [-0.2, 0) is 0 Å². The molecular weight excluding hydrogens is 450 g/mol. The Bertz CT molecular complexity index is 29.0. The summed E-state index contributed by atoms with van der Waals surface area (Å²) in [5.74, 6) is 0. The molecule has 4 unspecified atom stereocenters. The molecule has 0 nitrogen and oxygen atoms in total. The van der Waals surface area contributed by atoms with Gasteiger partial charge in [0.1, 0.15) is 0 Å². The van der Waals surface area contributed by atoms with Crippen LogP contribution in [0.4, 0.5) is 0 Å². The zero-order valence-electron chi connectivity index (χ0n) is 3.02. The van der Waals surface area contributed by atoms with Gasteiger partial charge < -0.3 is 0 Å². The molecule has 0 fully saturated rings. The van der Waals surface area contributed by atoms with Crippen molar-refractivity contribution in [2.45, 2.75) is 0 Å². The van der Waals surface area contributed by atoms with E-state index in [1.54, 1.807) is 0 Å². The summed E-state index contributed by atoms with van der Waals surface area (Å²) in [6.07, 6.45) is 0. The van der Waals surface area contributed by atoms with E-state index in [1.807, 2.05) is 0 Å². The van der Waals surface area contributed by atoms with E-state index in [1.165, 1.54) is 0 Å². The Hall–Kier alpha value is 3.35. The molecule has 0 radical (unpaired) electrons.